The van der Waals surface area contributed by atoms with Crippen LogP contribution in [0.2, 0.25) is 5.02 Å². The van der Waals surface area contributed by atoms with Gasteiger partial charge in [0, 0.05) is 36.2 Å². The Labute approximate surface area is 133 Å². The first-order valence-corrected chi connectivity index (χ1v) is 7.55. The van der Waals surface area contributed by atoms with Gasteiger partial charge in [-0.1, -0.05) is 11.6 Å². The standard InChI is InChI=1S/C16H16ClNO4/c17-12-1-3-13(4-2-12)22-14-10-21-8-7-11(14)9-18-15(19)5-6-16(18)20/h1-6,11,14H,7-10H2. The van der Waals surface area contributed by atoms with Gasteiger partial charge in [0.05, 0.1) is 6.61 Å². The molecule has 0 spiro atoms. The number of nitrogens with zero attached hydrogens (tertiary/aromatic N) is 1. The van der Waals surface area contributed by atoms with Gasteiger partial charge in [-0.15, -0.1) is 0 Å². The predicted octanol–water partition coefficient (Wildman–Crippen LogP) is 2.05. The average molecular weight is 322 g/mol. The summed E-state index contributed by atoms with van der Waals surface area (Å²) in [5.74, 6) is 0.225. The summed E-state index contributed by atoms with van der Waals surface area (Å²) in [6.45, 7) is 1.40. The van der Waals surface area contributed by atoms with Crippen LogP contribution >= 0.6 is 11.6 Å². The molecule has 0 saturated carbocycles. The highest BCUT2D eigenvalue weighted by Crippen LogP contribution is 2.25. The van der Waals surface area contributed by atoms with Crippen LogP contribution in [-0.4, -0.2) is 42.6 Å². The molecule has 0 aliphatic carbocycles. The largest absolute Gasteiger partial charge is 0.488 e. The van der Waals surface area contributed by atoms with E-state index in [9.17, 15) is 9.59 Å². The quantitative estimate of drug-likeness (QED) is 0.796. The SMILES string of the molecule is O=C1C=CC(=O)N1CC1CCOCC1Oc1ccc(Cl)cc1. The van der Waals surface area contributed by atoms with E-state index in [0.717, 1.165) is 6.42 Å². The number of hydrogen-bond acceptors (Lipinski definition) is 4. The van der Waals surface area contributed by atoms with Gasteiger partial charge >= 0.3 is 0 Å². The maximum atomic E-state index is 11.7. The maximum Gasteiger partial charge on any atom is 0.253 e. The van der Waals surface area contributed by atoms with E-state index in [1.54, 1.807) is 24.3 Å². The Kier molecular flexibility index (Phi) is 4.45. The molecule has 1 fully saturated rings. The first-order chi connectivity index (χ1) is 10.6. The van der Waals surface area contributed by atoms with Crippen molar-refractivity contribution in [2.45, 2.75) is 12.5 Å². The van der Waals surface area contributed by atoms with E-state index >= 15 is 0 Å². The van der Waals surface area contributed by atoms with Crippen LogP contribution < -0.4 is 4.74 Å². The van der Waals surface area contributed by atoms with Crippen molar-refractivity contribution >= 4 is 23.4 Å². The van der Waals surface area contributed by atoms with Gasteiger partial charge in [-0.05, 0) is 30.7 Å². The van der Waals surface area contributed by atoms with Gasteiger partial charge in [-0.3, -0.25) is 14.5 Å². The third-order valence-electron chi connectivity index (χ3n) is 3.86. The highest BCUT2D eigenvalue weighted by Gasteiger charge is 2.33. The number of carbonyl (C=O) groups excluding carboxylic acids is 2. The second-order valence-electron chi connectivity index (χ2n) is 5.35. The molecule has 0 radical (unpaired) electrons. The lowest BCUT2D eigenvalue weighted by molar-refractivity contribution is -0.139. The van der Waals surface area contributed by atoms with Gasteiger partial charge in [-0.25, -0.2) is 0 Å². The summed E-state index contributed by atoms with van der Waals surface area (Å²) in [4.78, 5) is 24.6. The number of ether oxygens (including phenoxy) is 2. The van der Waals surface area contributed by atoms with Crippen molar-refractivity contribution in [2.24, 2.45) is 5.92 Å². The highest BCUT2D eigenvalue weighted by molar-refractivity contribution is 6.30. The van der Waals surface area contributed by atoms with E-state index in [0.29, 0.717) is 30.5 Å². The molecular weight excluding hydrogens is 306 g/mol. The van der Waals surface area contributed by atoms with Crippen LogP contribution in [0, 0.1) is 5.92 Å². The Morgan fingerprint density at radius 3 is 2.55 bits per heavy atom. The third kappa shape index (κ3) is 3.31. The molecule has 1 aromatic rings. The summed E-state index contributed by atoms with van der Waals surface area (Å²) < 4.78 is 11.4. The van der Waals surface area contributed by atoms with Gasteiger partial charge in [-0.2, -0.15) is 0 Å². The maximum absolute atomic E-state index is 11.7. The molecule has 2 amide bonds. The molecule has 1 aromatic carbocycles. The summed E-state index contributed by atoms with van der Waals surface area (Å²) in [6.07, 6.45) is 3.15. The number of imide groups is 1. The van der Waals surface area contributed by atoms with E-state index in [1.165, 1.54) is 17.1 Å². The minimum absolute atomic E-state index is 0.0530. The zero-order chi connectivity index (χ0) is 15.5. The molecule has 1 saturated heterocycles. The molecule has 2 heterocycles. The Hall–Kier alpha value is -1.85. The van der Waals surface area contributed by atoms with Crippen molar-refractivity contribution < 1.29 is 19.1 Å². The number of hydrogen-bond donors (Lipinski definition) is 0. The van der Waals surface area contributed by atoms with Gasteiger partial charge in [0.15, 0.2) is 0 Å². The van der Waals surface area contributed by atoms with Crippen LogP contribution in [0.15, 0.2) is 36.4 Å². The van der Waals surface area contributed by atoms with Crippen LogP contribution in [0.3, 0.4) is 0 Å². The van der Waals surface area contributed by atoms with E-state index in [1.807, 2.05) is 0 Å². The number of rotatable bonds is 4. The van der Waals surface area contributed by atoms with Crippen LogP contribution in [0.25, 0.3) is 0 Å². The van der Waals surface area contributed by atoms with Crippen LogP contribution in [0.5, 0.6) is 5.75 Å². The van der Waals surface area contributed by atoms with Gasteiger partial charge in [0.25, 0.3) is 11.8 Å². The lowest BCUT2D eigenvalue weighted by Crippen LogP contribution is -2.45. The molecule has 116 valence electrons. The van der Waals surface area contributed by atoms with Crippen molar-refractivity contribution in [3.63, 3.8) is 0 Å². The molecule has 2 atom stereocenters. The van der Waals surface area contributed by atoms with E-state index < -0.39 is 0 Å². The Bertz CT molecular complexity index is 581. The second-order valence-corrected chi connectivity index (χ2v) is 5.79. The fourth-order valence-corrected chi connectivity index (χ4v) is 2.75. The lowest BCUT2D eigenvalue weighted by Gasteiger charge is -2.33. The normalized spacial score (nSPS) is 24.9. The highest BCUT2D eigenvalue weighted by atomic mass is 35.5. The smallest absolute Gasteiger partial charge is 0.253 e. The third-order valence-corrected chi connectivity index (χ3v) is 4.11. The zero-order valence-corrected chi connectivity index (χ0v) is 12.7. The predicted molar refractivity (Wildman–Crippen MR) is 80.7 cm³/mol. The van der Waals surface area contributed by atoms with Gasteiger partial charge < -0.3 is 9.47 Å². The summed E-state index contributed by atoms with van der Waals surface area (Å²) >= 11 is 5.86. The molecule has 0 aromatic heterocycles. The first-order valence-electron chi connectivity index (χ1n) is 7.17. The minimum atomic E-state index is -0.262. The summed E-state index contributed by atoms with van der Waals surface area (Å²) in [5.41, 5.74) is 0. The van der Waals surface area contributed by atoms with Crippen molar-refractivity contribution in [1.82, 2.24) is 4.90 Å². The number of amides is 2. The summed E-state index contributed by atoms with van der Waals surface area (Å²) in [7, 11) is 0. The fourth-order valence-electron chi connectivity index (χ4n) is 2.63. The lowest BCUT2D eigenvalue weighted by atomic mass is 9.96. The minimum Gasteiger partial charge on any atom is -0.488 e. The fraction of sp³-hybridized carbons (Fsp3) is 0.375. The molecule has 6 heteroatoms. The monoisotopic (exact) mass is 321 g/mol. The first kappa shape index (κ1) is 15.1. The van der Waals surface area contributed by atoms with Crippen molar-refractivity contribution in [1.29, 1.82) is 0 Å². The Morgan fingerprint density at radius 2 is 1.86 bits per heavy atom. The number of halogens is 1. The zero-order valence-electron chi connectivity index (χ0n) is 11.9. The molecule has 2 aliphatic heterocycles. The molecular formula is C16H16ClNO4. The topological polar surface area (TPSA) is 55.8 Å². The van der Waals surface area contributed by atoms with Gasteiger partial charge in [0.2, 0.25) is 0 Å². The number of benzene rings is 1. The molecule has 0 bridgehead atoms. The van der Waals surface area contributed by atoms with Crippen molar-refractivity contribution in [2.75, 3.05) is 19.8 Å². The molecule has 22 heavy (non-hydrogen) atoms. The summed E-state index contributed by atoms with van der Waals surface area (Å²) in [6, 6.07) is 7.10. The molecule has 5 nitrogen and oxygen atoms in total. The van der Waals surface area contributed by atoms with Crippen LogP contribution in [0.1, 0.15) is 6.42 Å². The summed E-state index contributed by atoms with van der Waals surface area (Å²) in [5, 5.41) is 0.642. The molecule has 3 rings (SSSR count). The van der Waals surface area contributed by atoms with Crippen LogP contribution in [0.4, 0.5) is 0 Å². The molecule has 2 unspecified atom stereocenters. The average Bonchev–Trinajstić information content (AvgIpc) is 2.83. The Balaban J connectivity index is 1.67. The molecule has 2 aliphatic rings. The van der Waals surface area contributed by atoms with Crippen molar-refractivity contribution in [3.8, 4) is 5.75 Å². The second kappa shape index (κ2) is 6.50. The van der Waals surface area contributed by atoms with E-state index in [-0.39, 0.29) is 23.8 Å². The van der Waals surface area contributed by atoms with Crippen molar-refractivity contribution in [3.05, 3.63) is 41.4 Å². The Morgan fingerprint density at radius 1 is 1.18 bits per heavy atom. The van der Waals surface area contributed by atoms with Gasteiger partial charge in [0.1, 0.15) is 11.9 Å². The van der Waals surface area contributed by atoms with E-state index in [2.05, 4.69) is 0 Å². The molecule has 0 N–H and O–H groups in total. The van der Waals surface area contributed by atoms with Crippen LogP contribution in [-0.2, 0) is 14.3 Å². The van der Waals surface area contributed by atoms with E-state index in [4.69, 9.17) is 21.1 Å². The number of carbonyl (C=O) groups is 2.